The summed E-state index contributed by atoms with van der Waals surface area (Å²) in [5, 5.41) is 4.07. The van der Waals surface area contributed by atoms with Gasteiger partial charge in [-0.15, -0.1) is 0 Å². The van der Waals surface area contributed by atoms with Crippen molar-refractivity contribution in [2.75, 3.05) is 31.2 Å². The number of benzene rings is 1. The van der Waals surface area contributed by atoms with Crippen molar-refractivity contribution in [3.63, 3.8) is 0 Å². The van der Waals surface area contributed by atoms with E-state index in [2.05, 4.69) is 5.16 Å². The van der Waals surface area contributed by atoms with E-state index in [0.717, 1.165) is 23.4 Å². The molecule has 0 bridgehead atoms. The highest BCUT2D eigenvalue weighted by Crippen LogP contribution is 2.21. The topological polar surface area (TPSA) is 77.1 Å². The van der Waals surface area contributed by atoms with Crippen LogP contribution in [-0.4, -0.2) is 44.0 Å². The number of hydrogen-bond acceptors (Lipinski definition) is 5. The molecule has 2 aliphatic heterocycles. The summed E-state index contributed by atoms with van der Waals surface area (Å²) in [5.41, 5.74) is 8.38. The molecule has 3 rings (SSSR count). The minimum Gasteiger partial charge on any atom is -0.390 e. The van der Waals surface area contributed by atoms with Gasteiger partial charge in [0.15, 0.2) is 0 Å². The molecule has 0 radical (unpaired) electrons. The van der Waals surface area contributed by atoms with E-state index in [4.69, 9.17) is 15.3 Å². The van der Waals surface area contributed by atoms with E-state index in [1.807, 2.05) is 24.3 Å². The van der Waals surface area contributed by atoms with Gasteiger partial charge < -0.3 is 20.2 Å². The van der Waals surface area contributed by atoms with Crippen LogP contribution < -0.4 is 10.6 Å². The summed E-state index contributed by atoms with van der Waals surface area (Å²) < 4.78 is 5.34. The van der Waals surface area contributed by atoms with Crippen LogP contribution in [-0.2, 0) is 14.4 Å². The minimum atomic E-state index is -0.0241. The van der Waals surface area contributed by atoms with Gasteiger partial charge in [-0.05, 0) is 17.7 Å². The highest BCUT2D eigenvalue weighted by Gasteiger charge is 2.22. The Hall–Kier alpha value is -1.92. The van der Waals surface area contributed by atoms with E-state index in [0.29, 0.717) is 32.7 Å². The number of rotatable bonds is 3. The average molecular weight is 289 g/mol. The molecular formula is C15H19N3O3. The van der Waals surface area contributed by atoms with Crippen LogP contribution in [0, 0.1) is 0 Å². The molecule has 21 heavy (non-hydrogen) atoms. The highest BCUT2D eigenvalue weighted by atomic mass is 16.6. The van der Waals surface area contributed by atoms with Crippen molar-refractivity contribution >= 4 is 17.3 Å². The fourth-order valence-electron chi connectivity index (χ4n) is 2.51. The molecule has 0 aliphatic carbocycles. The fourth-order valence-corrected chi connectivity index (χ4v) is 2.51. The molecule has 6 nitrogen and oxygen atoms in total. The number of carbonyl (C=O) groups is 1. The Bertz CT molecular complexity index is 542. The van der Waals surface area contributed by atoms with Gasteiger partial charge in [0.2, 0.25) is 5.91 Å². The monoisotopic (exact) mass is 289 g/mol. The first kappa shape index (κ1) is 14.0. The van der Waals surface area contributed by atoms with E-state index in [-0.39, 0.29) is 12.0 Å². The molecule has 0 spiro atoms. The fraction of sp³-hybridized carbons (Fsp3) is 0.467. The number of carbonyl (C=O) groups excluding carboxylic acids is 1. The van der Waals surface area contributed by atoms with Crippen LogP contribution in [0.15, 0.2) is 29.4 Å². The van der Waals surface area contributed by atoms with Crippen molar-refractivity contribution in [3.8, 4) is 0 Å². The van der Waals surface area contributed by atoms with Crippen LogP contribution in [0.1, 0.15) is 18.4 Å². The lowest BCUT2D eigenvalue weighted by Gasteiger charge is -2.20. The minimum absolute atomic E-state index is 0.0241. The van der Waals surface area contributed by atoms with Crippen LogP contribution >= 0.6 is 0 Å². The lowest BCUT2D eigenvalue weighted by molar-refractivity contribution is -0.118. The molecule has 1 aromatic carbocycles. The first-order valence-electron chi connectivity index (χ1n) is 7.19. The Morgan fingerprint density at radius 3 is 2.81 bits per heavy atom. The van der Waals surface area contributed by atoms with Crippen molar-refractivity contribution in [3.05, 3.63) is 29.8 Å². The first-order chi connectivity index (χ1) is 10.3. The number of nitrogens with zero attached hydrogens (tertiary/aromatic N) is 2. The Kier molecular flexibility index (Phi) is 4.17. The highest BCUT2D eigenvalue weighted by molar-refractivity contribution is 6.02. The summed E-state index contributed by atoms with van der Waals surface area (Å²) in [7, 11) is 0. The molecule has 1 saturated heterocycles. The van der Waals surface area contributed by atoms with Crippen molar-refractivity contribution in [2.24, 2.45) is 10.9 Å². The maximum Gasteiger partial charge on any atom is 0.229 e. The number of oxime groups is 1. The molecule has 1 fully saturated rings. The molecule has 1 amide bonds. The zero-order valence-corrected chi connectivity index (χ0v) is 11.8. The van der Waals surface area contributed by atoms with Crippen LogP contribution in [0.4, 0.5) is 5.69 Å². The molecule has 2 heterocycles. The summed E-state index contributed by atoms with van der Waals surface area (Å²) in [6.45, 7) is 2.14. The van der Waals surface area contributed by atoms with Crippen molar-refractivity contribution in [1.82, 2.24) is 0 Å². The third-order valence-corrected chi connectivity index (χ3v) is 3.73. The van der Waals surface area contributed by atoms with Crippen molar-refractivity contribution < 1.29 is 14.4 Å². The van der Waals surface area contributed by atoms with Crippen LogP contribution in [0.5, 0.6) is 0 Å². The Morgan fingerprint density at radius 2 is 2.10 bits per heavy atom. The van der Waals surface area contributed by atoms with E-state index >= 15 is 0 Å². The lowest BCUT2D eigenvalue weighted by atomic mass is 10.0. The van der Waals surface area contributed by atoms with Crippen LogP contribution in [0.2, 0.25) is 0 Å². The number of nitrogens with two attached hydrogens (primary N) is 1. The van der Waals surface area contributed by atoms with Crippen LogP contribution in [0.25, 0.3) is 0 Å². The molecule has 1 unspecified atom stereocenters. The van der Waals surface area contributed by atoms with E-state index in [1.165, 1.54) is 0 Å². The standard InChI is InChI=1S/C15H19N3O3/c16-10-13-9-14(17-21-13)11-1-3-12(4-2-11)18-6-8-20-7-5-15(18)19/h1-4,13H,5-10,16H2. The van der Waals surface area contributed by atoms with Gasteiger partial charge in [-0.1, -0.05) is 17.3 Å². The number of ether oxygens (including phenoxy) is 1. The predicted molar refractivity (Wildman–Crippen MR) is 79.3 cm³/mol. The van der Waals surface area contributed by atoms with Crippen LogP contribution in [0.3, 0.4) is 0 Å². The third-order valence-electron chi connectivity index (χ3n) is 3.73. The van der Waals surface area contributed by atoms with E-state index < -0.39 is 0 Å². The largest absolute Gasteiger partial charge is 0.390 e. The average Bonchev–Trinajstić information content (AvgIpc) is 2.90. The zero-order valence-electron chi connectivity index (χ0n) is 11.8. The predicted octanol–water partition coefficient (Wildman–Crippen LogP) is 0.892. The van der Waals surface area contributed by atoms with Gasteiger partial charge in [0.1, 0.15) is 6.10 Å². The Morgan fingerprint density at radius 1 is 1.29 bits per heavy atom. The molecule has 0 aromatic heterocycles. The van der Waals surface area contributed by atoms with E-state index in [1.54, 1.807) is 4.90 Å². The second kappa shape index (κ2) is 6.24. The lowest BCUT2D eigenvalue weighted by Crippen LogP contribution is -2.31. The number of amides is 1. The molecule has 2 N–H and O–H groups in total. The normalized spacial score (nSPS) is 22.7. The molecule has 2 aliphatic rings. The quantitative estimate of drug-likeness (QED) is 0.896. The molecule has 6 heteroatoms. The Balaban J connectivity index is 1.73. The zero-order chi connectivity index (χ0) is 14.7. The molecule has 112 valence electrons. The SMILES string of the molecule is NCC1CC(c2ccc(N3CCOCCC3=O)cc2)=NO1. The van der Waals surface area contributed by atoms with E-state index in [9.17, 15) is 4.79 Å². The van der Waals surface area contributed by atoms with Crippen molar-refractivity contribution in [1.29, 1.82) is 0 Å². The smallest absolute Gasteiger partial charge is 0.229 e. The summed E-state index contributed by atoms with van der Waals surface area (Å²) in [4.78, 5) is 19.0. The third kappa shape index (κ3) is 3.06. The molecule has 0 saturated carbocycles. The Labute approximate surface area is 123 Å². The summed E-state index contributed by atoms with van der Waals surface area (Å²) in [6, 6.07) is 7.82. The van der Waals surface area contributed by atoms with Gasteiger partial charge in [0, 0.05) is 25.2 Å². The van der Waals surface area contributed by atoms with Gasteiger partial charge in [-0.2, -0.15) is 0 Å². The van der Waals surface area contributed by atoms with Gasteiger partial charge in [0.05, 0.1) is 25.3 Å². The summed E-state index contributed by atoms with van der Waals surface area (Å²) in [5.74, 6) is 0.102. The summed E-state index contributed by atoms with van der Waals surface area (Å²) >= 11 is 0. The number of anilines is 1. The maximum absolute atomic E-state index is 12.0. The van der Waals surface area contributed by atoms with Crippen molar-refractivity contribution in [2.45, 2.75) is 18.9 Å². The second-order valence-electron chi connectivity index (χ2n) is 5.16. The maximum atomic E-state index is 12.0. The second-order valence-corrected chi connectivity index (χ2v) is 5.16. The van der Waals surface area contributed by atoms with Gasteiger partial charge in [0.25, 0.3) is 0 Å². The van der Waals surface area contributed by atoms with Gasteiger partial charge in [-0.25, -0.2) is 0 Å². The van der Waals surface area contributed by atoms with Gasteiger partial charge >= 0.3 is 0 Å². The van der Waals surface area contributed by atoms with Gasteiger partial charge in [-0.3, -0.25) is 4.79 Å². The molecular weight excluding hydrogens is 270 g/mol. The number of hydrogen-bond donors (Lipinski definition) is 1. The molecule has 1 aromatic rings. The summed E-state index contributed by atoms with van der Waals surface area (Å²) in [6.07, 6.45) is 1.14. The first-order valence-corrected chi connectivity index (χ1v) is 7.19. The molecule has 1 atom stereocenters.